The summed E-state index contributed by atoms with van der Waals surface area (Å²) in [6.07, 6.45) is 0.532. The lowest BCUT2D eigenvalue weighted by Crippen LogP contribution is -2.39. The molecule has 0 spiro atoms. The van der Waals surface area contributed by atoms with Gasteiger partial charge in [-0.25, -0.2) is 0 Å². The highest BCUT2D eigenvalue weighted by Gasteiger charge is 2.23. The second-order valence-corrected chi connectivity index (χ2v) is 6.29. The van der Waals surface area contributed by atoms with Crippen molar-refractivity contribution < 1.29 is 14.3 Å². The minimum absolute atomic E-state index is 0.111. The maximum Gasteiger partial charge on any atom is 0.260 e. The molecule has 1 aliphatic rings. The third kappa shape index (κ3) is 5.68. The normalized spacial score (nSPS) is 19.5. The lowest BCUT2D eigenvalue weighted by atomic mass is 10.1. The Kier molecular flexibility index (Phi) is 7.15. The molecule has 5 nitrogen and oxygen atoms in total. The monoisotopic (exact) mass is 340 g/mol. The number of carbonyl (C=O) groups excluding carboxylic acids is 1. The minimum atomic E-state index is -0.569. The summed E-state index contributed by atoms with van der Waals surface area (Å²) in [4.78, 5) is 14.5. The number of nitrogens with zero attached hydrogens (tertiary/aromatic N) is 1. The third-order valence-corrected chi connectivity index (χ3v) is 4.37. The van der Waals surface area contributed by atoms with Crippen molar-refractivity contribution >= 4 is 17.5 Å². The number of rotatable bonds is 8. The first kappa shape index (κ1) is 18.0. The predicted octanol–water partition coefficient (Wildman–Crippen LogP) is 2.19. The van der Waals surface area contributed by atoms with E-state index in [-0.39, 0.29) is 5.91 Å². The molecular weight excluding hydrogens is 316 g/mol. The number of amides is 1. The molecule has 2 atom stereocenters. The Labute approximate surface area is 142 Å². The van der Waals surface area contributed by atoms with Crippen molar-refractivity contribution in [2.75, 3.05) is 39.9 Å². The van der Waals surface area contributed by atoms with Crippen LogP contribution in [0.25, 0.3) is 0 Å². The molecule has 0 aromatic heterocycles. The Morgan fingerprint density at radius 3 is 3.00 bits per heavy atom. The van der Waals surface area contributed by atoms with Gasteiger partial charge in [-0.15, -0.1) is 0 Å². The summed E-state index contributed by atoms with van der Waals surface area (Å²) >= 11 is 6.04. The van der Waals surface area contributed by atoms with Crippen molar-refractivity contribution in [1.29, 1.82) is 0 Å². The molecule has 1 saturated heterocycles. The molecule has 2 unspecified atom stereocenters. The maximum absolute atomic E-state index is 12.2. The first-order valence-corrected chi connectivity index (χ1v) is 8.38. The Morgan fingerprint density at radius 1 is 1.48 bits per heavy atom. The summed E-state index contributed by atoms with van der Waals surface area (Å²) in [6.45, 7) is 6.18. The van der Waals surface area contributed by atoms with E-state index in [1.54, 1.807) is 26.2 Å². The lowest BCUT2D eigenvalue weighted by Gasteiger charge is -2.18. The molecule has 1 N–H and O–H groups in total. The number of likely N-dealkylation sites (tertiary alicyclic amines) is 1. The largest absolute Gasteiger partial charge is 0.479 e. The Hall–Kier alpha value is -1.30. The van der Waals surface area contributed by atoms with Crippen LogP contribution in [-0.4, -0.2) is 56.8 Å². The number of ether oxygens (including phenoxy) is 2. The number of hydrogen-bond acceptors (Lipinski definition) is 4. The zero-order valence-corrected chi connectivity index (χ0v) is 14.5. The average Bonchev–Trinajstić information content (AvgIpc) is 3.00. The summed E-state index contributed by atoms with van der Waals surface area (Å²) in [6, 6.07) is 7.17. The number of halogens is 1. The van der Waals surface area contributed by atoms with Crippen molar-refractivity contribution in [3.05, 3.63) is 29.3 Å². The number of para-hydroxylation sites is 1. The Balaban J connectivity index is 1.71. The highest BCUT2D eigenvalue weighted by molar-refractivity contribution is 6.32. The molecule has 128 valence electrons. The van der Waals surface area contributed by atoms with Gasteiger partial charge in [-0.1, -0.05) is 23.7 Å². The average molecular weight is 341 g/mol. The van der Waals surface area contributed by atoms with E-state index in [0.717, 1.165) is 32.7 Å². The van der Waals surface area contributed by atoms with Crippen LogP contribution in [0.1, 0.15) is 13.3 Å². The standard InChI is InChI=1S/C17H25ClN2O3/c1-13(23-16-6-4-3-5-15(16)18)17(21)19-11-14-7-8-20(12-14)9-10-22-2/h3-6,13-14H,7-12H2,1-2H3,(H,19,21). The van der Waals surface area contributed by atoms with Crippen LogP contribution in [0, 0.1) is 5.92 Å². The molecule has 23 heavy (non-hydrogen) atoms. The summed E-state index contributed by atoms with van der Waals surface area (Å²) in [7, 11) is 1.72. The molecule has 1 heterocycles. The molecule has 6 heteroatoms. The van der Waals surface area contributed by atoms with Crippen LogP contribution in [0.15, 0.2) is 24.3 Å². The van der Waals surface area contributed by atoms with Gasteiger partial charge >= 0.3 is 0 Å². The quantitative estimate of drug-likeness (QED) is 0.788. The van der Waals surface area contributed by atoms with E-state index < -0.39 is 6.10 Å². The fourth-order valence-electron chi connectivity index (χ4n) is 2.68. The van der Waals surface area contributed by atoms with E-state index in [0.29, 0.717) is 23.2 Å². The topological polar surface area (TPSA) is 50.8 Å². The second-order valence-electron chi connectivity index (χ2n) is 5.88. The molecular formula is C17H25ClN2O3. The number of nitrogens with one attached hydrogen (secondary N) is 1. The molecule has 0 radical (unpaired) electrons. The van der Waals surface area contributed by atoms with Crippen molar-refractivity contribution in [3.8, 4) is 5.75 Å². The van der Waals surface area contributed by atoms with E-state index >= 15 is 0 Å². The van der Waals surface area contributed by atoms with Crippen LogP contribution in [0.4, 0.5) is 0 Å². The maximum atomic E-state index is 12.2. The Bertz CT molecular complexity index is 512. The van der Waals surface area contributed by atoms with Crippen LogP contribution < -0.4 is 10.1 Å². The van der Waals surface area contributed by atoms with Gasteiger partial charge in [0.05, 0.1) is 11.6 Å². The first-order valence-electron chi connectivity index (χ1n) is 8.00. The molecule has 1 fully saturated rings. The smallest absolute Gasteiger partial charge is 0.260 e. The minimum Gasteiger partial charge on any atom is -0.479 e. The molecule has 0 bridgehead atoms. The van der Waals surface area contributed by atoms with Crippen LogP contribution >= 0.6 is 11.6 Å². The van der Waals surface area contributed by atoms with Gasteiger partial charge in [0.1, 0.15) is 5.75 Å². The van der Waals surface area contributed by atoms with Gasteiger partial charge in [-0.05, 0) is 37.9 Å². The van der Waals surface area contributed by atoms with Gasteiger partial charge in [0.2, 0.25) is 0 Å². The zero-order valence-electron chi connectivity index (χ0n) is 13.8. The first-order chi connectivity index (χ1) is 11.1. The van der Waals surface area contributed by atoms with Crippen molar-refractivity contribution in [2.45, 2.75) is 19.4 Å². The fraction of sp³-hybridized carbons (Fsp3) is 0.588. The fourth-order valence-corrected chi connectivity index (χ4v) is 2.86. The molecule has 0 aliphatic carbocycles. The van der Waals surface area contributed by atoms with E-state index in [4.69, 9.17) is 21.1 Å². The van der Waals surface area contributed by atoms with E-state index in [2.05, 4.69) is 10.2 Å². The van der Waals surface area contributed by atoms with Crippen molar-refractivity contribution in [1.82, 2.24) is 10.2 Å². The third-order valence-electron chi connectivity index (χ3n) is 4.06. The number of methoxy groups -OCH3 is 1. The molecule has 1 aliphatic heterocycles. The highest BCUT2D eigenvalue weighted by Crippen LogP contribution is 2.24. The highest BCUT2D eigenvalue weighted by atomic mass is 35.5. The Morgan fingerprint density at radius 2 is 2.26 bits per heavy atom. The van der Waals surface area contributed by atoms with E-state index in [9.17, 15) is 4.79 Å². The lowest BCUT2D eigenvalue weighted by molar-refractivity contribution is -0.127. The zero-order chi connectivity index (χ0) is 16.7. The van der Waals surface area contributed by atoms with Gasteiger partial charge in [0, 0.05) is 26.7 Å². The van der Waals surface area contributed by atoms with E-state index in [1.807, 2.05) is 12.1 Å². The van der Waals surface area contributed by atoms with Gasteiger partial charge in [-0.2, -0.15) is 0 Å². The molecule has 1 aromatic rings. The van der Waals surface area contributed by atoms with Gasteiger partial charge in [-0.3, -0.25) is 4.79 Å². The predicted molar refractivity (Wildman–Crippen MR) is 91.0 cm³/mol. The SMILES string of the molecule is COCCN1CCC(CNC(=O)C(C)Oc2ccccc2Cl)C1. The second kappa shape index (κ2) is 9.11. The summed E-state index contributed by atoms with van der Waals surface area (Å²) in [5, 5.41) is 3.49. The molecule has 1 amide bonds. The molecule has 0 saturated carbocycles. The van der Waals surface area contributed by atoms with Crippen molar-refractivity contribution in [3.63, 3.8) is 0 Å². The number of carbonyl (C=O) groups is 1. The summed E-state index contributed by atoms with van der Waals surface area (Å²) in [5.74, 6) is 0.909. The van der Waals surface area contributed by atoms with Crippen LogP contribution in [-0.2, 0) is 9.53 Å². The van der Waals surface area contributed by atoms with Crippen LogP contribution in [0.3, 0.4) is 0 Å². The molecule has 2 rings (SSSR count). The number of hydrogen-bond donors (Lipinski definition) is 1. The summed E-state index contributed by atoms with van der Waals surface area (Å²) in [5.41, 5.74) is 0. The van der Waals surface area contributed by atoms with Gasteiger partial charge in [0.25, 0.3) is 5.91 Å². The van der Waals surface area contributed by atoms with Crippen LogP contribution in [0.2, 0.25) is 5.02 Å². The van der Waals surface area contributed by atoms with Crippen molar-refractivity contribution in [2.24, 2.45) is 5.92 Å². The van der Waals surface area contributed by atoms with E-state index in [1.165, 1.54) is 0 Å². The molecule has 1 aromatic carbocycles. The van der Waals surface area contributed by atoms with Gasteiger partial charge in [0.15, 0.2) is 6.10 Å². The number of benzene rings is 1. The van der Waals surface area contributed by atoms with Crippen LogP contribution in [0.5, 0.6) is 5.75 Å². The summed E-state index contributed by atoms with van der Waals surface area (Å²) < 4.78 is 10.7. The van der Waals surface area contributed by atoms with Gasteiger partial charge < -0.3 is 19.7 Å².